The predicted octanol–water partition coefficient (Wildman–Crippen LogP) is 2.24. The summed E-state index contributed by atoms with van der Waals surface area (Å²) in [7, 11) is 0. The average Bonchev–Trinajstić information content (AvgIpc) is 2.54. The Morgan fingerprint density at radius 1 is 1.13 bits per heavy atom. The first-order valence-corrected chi connectivity index (χ1v) is 7.36. The fraction of sp³-hybridized carbons (Fsp3) is 0.167. The lowest BCUT2D eigenvalue weighted by Gasteiger charge is -2.07. The van der Waals surface area contributed by atoms with E-state index in [2.05, 4.69) is 10.3 Å². The van der Waals surface area contributed by atoms with Crippen LogP contribution in [0, 0.1) is 13.8 Å². The second-order valence-corrected chi connectivity index (χ2v) is 5.58. The number of benzene rings is 1. The summed E-state index contributed by atoms with van der Waals surface area (Å²) in [5.74, 6) is -0.418. The van der Waals surface area contributed by atoms with Crippen molar-refractivity contribution in [3.63, 3.8) is 0 Å². The van der Waals surface area contributed by atoms with Crippen LogP contribution in [0.1, 0.15) is 27.0 Å². The first kappa shape index (κ1) is 15.0. The Labute approximate surface area is 133 Å². The van der Waals surface area contributed by atoms with E-state index in [9.17, 15) is 9.59 Å². The van der Waals surface area contributed by atoms with Gasteiger partial charge in [-0.15, -0.1) is 0 Å². The van der Waals surface area contributed by atoms with E-state index >= 15 is 0 Å². The molecule has 0 aliphatic rings. The van der Waals surface area contributed by atoms with Gasteiger partial charge >= 0.3 is 0 Å². The molecule has 5 nitrogen and oxygen atoms in total. The maximum absolute atomic E-state index is 12.4. The zero-order valence-electron chi connectivity index (χ0n) is 13.0. The van der Waals surface area contributed by atoms with Crippen LogP contribution >= 0.6 is 0 Å². The lowest BCUT2D eigenvalue weighted by atomic mass is 10.1. The molecule has 1 aromatic carbocycles. The molecule has 1 amide bonds. The van der Waals surface area contributed by atoms with E-state index in [0.717, 1.165) is 16.7 Å². The molecule has 0 aliphatic carbocycles. The number of rotatable bonds is 3. The third kappa shape index (κ3) is 3.13. The summed E-state index contributed by atoms with van der Waals surface area (Å²) >= 11 is 0. The molecule has 0 aliphatic heterocycles. The van der Waals surface area contributed by atoms with Crippen molar-refractivity contribution in [2.24, 2.45) is 0 Å². The molecule has 116 valence electrons. The molecular weight excluding hydrogens is 290 g/mol. The van der Waals surface area contributed by atoms with Crippen molar-refractivity contribution in [1.29, 1.82) is 0 Å². The minimum atomic E-state index is -0.418. The molecule has 3 aromatic rings. The number of carbonyl (C=O) groups excluding carboxylic acids is 1. The van der Waals surface area contributed by atoms with Crippen molar-refractivity contribution in [2.75, 3.05) is 0 Å². The lowest BCUT2D eigenvalue weighted by molar-refractivity contribution is 0.0949. The summed E-state index contributed by atoms with van der Waals surface area (Å²) in [4.78, 5) is 28.8. The van der Waals surface area contributed by atoms with Crippen LogP contribution in [0.25, 0.3) is 5.65 Å². The summed E-state index contributed by atoms with van der Waals surface area (Å²) in [5, 5.41) is 2.76. The number of hydrogen-bond donors (Lipinski definition) is 1. The number of aryl methyl sites for hydroxylation is 2. The van der Waals surface area contributed by atoms with Crippen LogP contribution in [0.4, 0.5) is 0 Å². The molecule has 3 rings (SSSR count). The molecule has 0 spiro atoms. The molecule has 1 N–H and O–H groups in total. The number of fused-ring (bicyclic) bond motifs is 1. The molecule has 5 heteroatoms. The molecule has 0 atom stereocenters. The topological polar surface area (TPSA) is 63.5 Å². The average molecular weight is 307 g/mol. The maximum atomic E-state index is 12.4. The Morgan fingerprint density at radius 3 is 2.61 bits per heavy atom. The van der Waals surface area contributed by atoms with Crippen molar-refractivity contribution in [1.82, 2.24) is 14.7 Å². The van der Waals surface area contributed by atoms with Crippen molar-refractivity contribution in [3.05, 3.63) is 81.4 Å². The maximum Gasteiger partial charge on any atom is 0.270 e. The summed E-state index contributed by atoms with van der Waals surface area (Å²) < 4.78 is 1.38. The molecule has 23 heavy (non-hydrogen) atoms. The number of nitrogens with one attached hydrogen (secondary N) is 1. The van der Waals surface area contributed by atoms with E-state index in [0.29, 0.717) is 12.2 Å². The number of nitrogens with zero attached hydrogens (tertiary/aromatic N) is 2. The molecule has 0 saturated heterocycles. The van der Waals surface area contributed by atoms with Crippen LogP contribution in [-0.2, 0) is 6.54 Å². The summed E-state index contributed by atoms with van der Waals surface area (Å²) in [6, 6.07) is 11.5. The highest BCUT2D eigenvalue weighted by Gasteiger charge is 2.13. The second kappa shape index (κ2) is 6.04. The van der Waals surface area contributed by atoms with Crippen LogP contribution in [-0.4, -0.2) is 15.3 Å². The highest BCUT2D eigenvalue weighted by atomic mass is 16.2. The minimum Gasteiger partial charge on any atom is -0.348 e. The van der Waals surface area contributed by atoms with Gasteiger partial charge in [-0.1, -0.05) is 29.8 Å². The fourth-order valence-electron chi connectivity index (χ4n) is 2.32. The largest absolute Gasteiger partial charge is 0.348 e. The highest BCUT2D eigenvalue weighted by molar-refractivity contribution is 5.93. The van der Waals surface area contributed by atoms with E-state index in [1.165, 1.54) is 10.6 Å². The minimum absolute atomic E-state index is 0.0402. The smallest absolute Gasteiger partial charge is 0.270 e. The van der Waals surface area contributed by atoms with Gasteiger partial charge < -0.3 is 5.32 Å². The molecule has 0 unspecified atom stereocenters. The predicted molar refractivity (Wildman–Crippen MR) is 88.5 cm³/mol. The number of hydrogen-bond acceptors (Lipinski definition) is 3. The van der Waals surface area contributed by atoms with E-state index in [1.54, 1.807) is 12.3 Å². The van der Waals surface area contributed by atoms with Gasteiger partial charge in [0.15, 0.2) is 0 Å². The van der Waals surface area contributed by atoms with Gasteiger partial charge in [0.1, 0.15) is 11.2 Å². The quantitative estimate of drug-likeness (QED) is 0.807. The fourth-order valence-corrected chi connectivity index (χ4v) is 2.32. The van der Waals surface area contributed by atoms with Crippen LogP contribution in [0.5, 0.6) is 0 Å². The molecule has 0 bridgehead atoms. The summed E-state index contributed by atoms with van der Waals surface area (Å²) in [6.45, 7) is 4.30. The van der Waals surface area contributed by atoms with Gasteiger partial charge in [0.2, 0.25) is 0 Å². The van der Waals surface area contributed by atoms with Crippen molar-refractivity contribution >= 4 is 11.6 Å². The van der Waals surface area contributed by atoms with Gasteiger partial charge in [-0.05, 0) is 37.1 Å². The Morgan fingerprint density at radius 2 is 1.87 bits per heavy atom. The monoisotopic (exact) mass is 307 g/mol. The standard InChI is InChI=1S/C18H17N3O2/c1-12-3-5-14(6-4-12)10-20-17(22)15-11-19-16-9-13(2)7-8-21(16)18(15)23/h3-9,11H,10H2,1-2H3,(H,20,22). The van der Waals surface area contributed by atoms with Crippen LogP contribution in [0.15, 0.2) is 53.6 Å². The number of aromatic nitrogens is 2. The number of amides is 1. The van der Waals surface area contributed by atoms with Crippen LogP contribution in [0.2, 0.25) is 0 Å². The third-order valence-electron chi connectivity index (χ3n) is 3.68. The molecule has 2 heterocycles. The summed E-state index contributed by atoms with van der Waals surface area (Å²) in [5.41, 5.74) is 3.36. The zero-order chi connectivity index (χ0) is 16.4. The van der Waals surface area contributed by atoms with E-state index in [-0.39, 0.29) is 11.1 Å². The van der Waals surface area contributed by atoms with Gasteiger partial charge in [-0.2, -0.15) is 0 Å². The normalized spacial score (nSPS) is 10.7. The lowest BCUT2D eigenvalue weighted by Crippen LogP contribution is -2.31. The molecule has 0 radical (unpaired) electrons. The highest BCUT2D eigenvalue weighted by Crippen LogP contribution is 2.04. The van der Waals surface area contributed by atoms with E-state index < -0.39 is 5.91 Å². The molecule has 0 fully saturated rings. The van der Waals surface area contributed by atoms with Crippen molar-refractivity contribution in [3.8, 4) is 0 Å². The summed E-state index contributed by atoms with van der Waals surface area (Å²) in [6.07, 6.45) is 2.97. The van der Waals surface area contributed by atoms with Crippen LogP contribution < -0.4 is 10.9 Å². The first-order valence-electron chi connectivity index (χ1n) is 7.36. The third-order valence-corrected chi connectivity index (χ3v) is 3.68. The van der Waals surface area contributed by atoms with Gasteiger partial charge in [-0.25, -0.2) is 4.98 Å². The Kier molecular flexibility index (Phi) is 3.93. The number of carbonyl (C=O) groups is 1. The Balaban J connectivity index is 1.83. The SMILES string of the molecule is Cc1ccc(CNC(=O)c2cnc3cc(C)ccn3c2=O)cc1. The van der Waals surface area contributed by atoms with Gasteiger partial charge in [-0.3, -0.25) is 14.0 Å². The molecular formula is C18H17N3O2. The first-order chi connectivity index (χ1) is 11.0. The second-order valence-electron chi connectivity index (χ2n) is 5.58. The van der Waals surface area contributed by atoms with E-state index in [1.807, 2.05) is 44.2 Å². The van der Waals surface area contributed by atoms with Crippen molar-refractivity contribution in [2.45, 2.75) is 20.4 Å². The van der Waals surface area contributed by atoms with Gasteiger partial charge in [0.05, 0.1) is 0 Å². The number of pyridine rings is 1. The zero-order valence-corrected chi connectivity index (χ0v) is 13.0. The van der Waals surface area contributed by atoms with Gasteiger partial charge in [0, 0.05) is 18.9 Å². The molecule has 0 saturated carbocycles. The van der Waals surface area contributed by atoms with E-state index in [4.69, 9.17) is 0 Å². The van der Waals surface area contributed by atoms with Crippen molar-refractivity contribution < 1.29 is 4.79 Å². The van der Waals surface area contributed by atoms with Gasteiger partial charge in [0.25, 0.3) is 11.5 Å². The van der Waals surface area contributed by atoms with Crippen LogP contribution in [0.3, 0.4) is 0 Å². The Bertz CT molecular complexity index is 927. The molecule has 2 aromatic heterocycles. The Hall–Kier alpha value is -2.95.